The molecule has 5 heteroatoms. The van der Waals surface area contributed by atoms with Crippen LogP contribution in [0.5, 0.6) is 0 Å². The molecule has 0 saturated heterocycles. The summed E-state index contributed by atoms with van der Waals surface area (Å²) >= 11 is 5.96. The topological polar surface area (TPSA) is 46.9 Å². The van der Waals surface area contributed by atoms with Gasteiger partial charge < -0.3 is 5.32 Å². The van der Waals surface area contributed by atoms with E-state index in [1.807, 2.05) is 0 Å². The van der Waals surface area contributed by atoms with E-state index in [-0.39, 0.29) is 12.1 Å². The van der Waals surface area contributed by atoms with Crippen molar-refractivity contribution in [3.63, 3.8) is 0 Å². The minimum atomic E-state index is -0.255. The highest BCUT2D eigenvalue weighted by molar-refractivity contribution is 6.32. The third-order valence-electron chi connectivity index (χ3n) is 3.03. The molecular formula is C12H14ClN3O. The Morgan fingerprint density at radius 2 is 2.41 bits per heavy atom. The van der Waals surface area contributed by atoms with Crippen LogP contribution in [0.25, 0.3) is 0 Å². The minimum Gasteiger partial charge on any atom is -0.379 e. The number of anilines is 1. The molecular weight excluding hydrogens is 238 g/mol. The molecule has 90 valence electrons. The molecule has 0 aliphatic heterocycles. The van der Waals surface area contributed by atoms with Crippen molar-refractivity contribution >= 4 is 17.3 Å². The normalized spacial score (nSPS) is 15.1. The Labute approximate surface area is 105 Å². The van der Waals surface area contributed by atoms with Gasteiger partial charge in [0.15, 0.2) is 0 Å². The highest BCUT2D eigenvalue weighted by atomic mass is 35.5. The highest BCUT2D eigenvalue weighted by Crippen LogP contribution is 2.26. The first kappa shape index (κ1) is 12.0. The van der Waals surface area contributed by atoms with Crippen LogP contribution in [-0.2, 0) is 6.54 Å². The Balaban J connectivity index is 2.16. The molecule has 2 rings (SSSR count). The molecule has 0 unspecified atom stereocenters. The van der Waals surface area contributed by atoms with Gasteiger partial charge in [-0.05, 0) is 18.8 Å². The van der Waals surface area contributed by atoms with Crippen molar-refractivity contribution in [1.82, 2.24) is 9.78 Å². The van der Waals surface area contributed by atoms with Crippen molar-refractivity contribution in [2.75, 3.05) is 11.9 Å². The number of rotatable bonds is 4. The number of nitrogens with one attached hydrogen (secondary N) is 1. The molecule has 1 heterocycles. The maximum absolute atomic E-state index is 12.0. The fourth-order valence-electron chi connectivity index (χ4n) is 1.77. The lowest BCUT2D eigenvalue weighted by Crippen LogP contribution is -2.29. The molecule has 1 aromatic rings. The van der Waals surface area contributed by atoms with E-state index in [9.17, 15) is 4.79 Å². The quantitative estimate of drug-likeness (QED) is 0.830. The predicted molar refractivity (Wildman–Crippen MR) is 68.2 cm³/mol. The molecule has 4 nitrogen and oxygen atoms in total. The molecule has 0 amide bonds. The van der Waals surface area contributed by atoms with Crippen molar-refractivity contribution in [1.29, 1.82) is 0 Å². The zero-order chi connectivity index (χ0) is 12.3. The minimum absolute atomic E-state index is 0.161. The van der Waals surface area contributed by atoms with E-state index in [0.29, 0.717) is 16.6 Å². The number of terminal acetylenes is 1. The second-order valence-corrected chi connectivity index (χ2v) is 4.62. The first-order valence-corrected chi connectivity index (χ1v) is 6.03. The molecule has 0 aromatic carbocycles. The molecule has 0 spiro atoms. The van der Waals surface area contributed by atoms with E-state index >= 15 is 0 Å². The van der Waals surface area contributed by atoms with Crippen LogP contribution in [0.15, 0.2) is 11.0 Å². The summed E-state index contributed by atoms with van der Waals surface area (Å²) in [6.07, 6.45) is 10.3. The molecule has 1 aliphatic rings. The van der Waals surface area contributed by atoms with E-state index in [0.717, 1.165) is 6.54 Å². The summed E-state index contributed by atoms with van der Waals surface area (Å²) in [5.74, 6) is 3.04. The Morgan fingerprint density at radius 1 is 1.65 bits per heavy atom. The van der Waals surface area contributed by atoms with Gasteiger partial charge in [-0.2, -0.15) is 5.10 Å². The van der Waals surface area contributed by atoms with Crippen LogP contribution in [0.2, 0.25) is 5.02 Å². The lowest BCUT2D eigenvalue weighted by atomic mass is 9.85. The van der Waals surface area contributed by atoms with E-state index in [2.05, 4.69) is 16.3 Å². The second kappa shape index (κ2) is 5.24. The van der Waals surface area contributed by atoms with Gasteiger partial charge in [0.05, 0.1) is 11.2 Å². The SMILES string of the molecule is C#CCn1ncc(Cl)c(NCC2CCC2)c1=O. The number of halogens is 1. The van der Waals surface area contributed by atoms with Gasteiger partial charge in [0, 0.05) is 6.54 Å². The van der Waals surface area contributed by atoms with Crippen LogP contribution in [-0.4, -0.2) is 16.3 Å². The lowest BCUT2D eigenvalue weighted by molar-refractivity contribution is 0.333. The summed E-state index contributed by atoms with van der Waals surface area (Å²) in [4.78, 5) is 12.0. The van der Waals surface area contributed by atoms with Crippen molar-refractivity contribution in [3.8, 4) is 12.3 Å². The summed E-state index contributed by atoms with van der Waals surface area (Å²) in [5.41, 5.74) is 0.151. The summed E-state index contributed by atoms with van der Waals surface area (Å²) in [6, 6.07) is 0. The van der Waals surface area contributed by atoms with E-state index < -0.39 is 0 Å². The molecule has 0 radical (unpaired) electrons. The molecule has 0 bridgehead atoms. The Kier molecular flexibility index (Phi) is 3.70. The van der Waals surface area contributed by atoms with Crippen LogP contribution >= 0.6 is 11.6 Å². The average molecular weight is 252 g/mol. The van der Waals surface area contributed by atoms with Crippen LogP contribution < -0.4 is 10.9 Å². The van der Waals surface area contributed by atoms with Gasteiger partial charge in [-0.3, -0.25) is 4.79 Å². The van der Waals surface area contributed by atoms with Crippen molar-refractivity contribution in [2.45, 2.75) is 25.8 Å². The van der Waals surface area contributed by atoms with Gasteiger partial charge in [0.2, 0.25) is 0 Å². The van der Waals surface area contributed by atoms with Gasteiger partial charge >= 0.3 is 0 Å². The number of nitrogens with zero attached hydrogens (tertiary/aromatic N) is 2. The van der Waals surface area contributed by atoms with E-state index in [1.165, 1.54) is 30.1 Å². The lowest BCUT2D eigenvalue weighted by Gasteiger charge is -2.25. The third-order valence-corrected chi connectivity index (χ3v) is 3.32. The second-order valence-electron chi connectivity index (χ2n) is 4.21. The zero-order valence-electron chi connectivity index (χ0n) is 9.45. The summed E-state index contributed by atoms with van der Waals surface area (Å²) in [7, 11) is 0. The molecule has 0 atom stereocenters. The fourth-order valence-corrected chi connectivity index (χ4v) is 1.96. The predicted octanol–water partition coefficient (Wildman–Crippen LogP) is 1.74. The monoisotopic (exact) mass is 251 g/mol. The van der Waals surface area contributed by atoms with Gasteiger partial charge in [0.25, 0.3) is 5.56 Å². The first-order valence-electron chi connectivity index (χ1n) is 5.65. The van der Waals surface area contributed by atoms with Crippen LogP contribution in [0, 0.1) is 18.3 Å². The summed E-state index contributed by atoms with van der Waals surface area (Å²) in [5, 5.41) is 7.34. The Morgan fingerprint density at radius 3 is 3.00 bits per heavy atom. The van der Waals surface area contributed by atoms with Crippen LogP contribution in [0.4, 0.5) is 5.69 Å². The summed E-state index contributed by atoms with van der Waals surface area (Å²) in [6.45, 7) is 0.948. The van der Waals surface area contributed by atoms with E-state index in [1.54, 1.807) is 0 Å². The Hall–Kier alpha value is -1.47. The zero-order valence-corrected chi connectivity index (χ0v) is 10.2. The molecule has 1 N–H and O–H groups in total. The molecule has 1 aromatic heterocycles. The number of hydrogen-bond acceptors (Lipinski definition) is 3. The van der Waals surface area contributed by atoms with Crippen molar-refractivity contribution in [2.24, 2.45) is 5.92 Å². The van der Waals surface area contributed by atoms with Gasteiger partial charge in [-0.25, -0.2) is 4.68 Å². The van der Waals surface area contributed by atoms with E-state index in [4.69, 9.17) is 18.0 Å². The number of hydrogen-bond donors (Lipinski definition) is 1. The van der Waals surface area contributed by atoms with Gasteiger partial charge in [-0.15, -0.1) is 6.42 Å². The first-order chi connectivity index (χ1) is 8.22. The molecule has 1 saturated carbocycles. The van der Waals surface area contributed by atoms with Gasteiger partial charge in [-0.1, -0.05) is 23.9 Å². The van der Waals surface area contributed by atoms with Crippen molar-refractivity contribution < 1.29 is 0 Å². The average Bonchev–Trinajstić information content (AvgIpc) is 2.25. The smallest absolute Gasteiger partial charge is 0.292 e. The standard InChI is InChI=1S/C12H14ClN3O/c1-2-6-16-12(17)11(10(13)8-15-16)14-7-9-4-3-5-9/h1,8-9,14H,3-7H2. The molecule has 1 fully saturated rings. The molecule has 1 aliphatic carbocycles. The van der Waals surface area contributed by atoms with Crippen LogP contribution in [0.3, 0.4) is 0 Å². The fraction of sp³-hybridized carbons (Fsp3) is 0.500. The van der Waals surface area contributed by atoms with Crippen LogP contribution in [0.1, 0.15) is 19.3 Å². The highest BCUT2D eigenvalue weighted by Gasteiger charge is 2.18. The van der Waals surface area contributed by atoms with Crippen molar-refractivity contribution in [3.05, 3.63) is 21.6 Å². The third kappa shape index (κ3) is 2.62. The largest absolute Gasteiger partial charge is 0.379 e. The summed E-state index contributed by atoms with van der Waals surface area (Å²) < 4.78 is 1.23. The maximum Gasteiger partial charge on any atom is 0.292 e. The maximum atomic E-state index is 12.0. The number of aromatic nitrogens is 2. The Bertz CT molecular complexity index is 499. The van der Waals surface area contributed by atoms with Gasteiger partial charge in [0.1, 0.15) is 12.2 Å². The molecule has 17 heavy (non-hydrogen) atoms.